The molecule has 0 heterocycles. The number of carbonyl (C=O) groups is 2. The molecule has 1 aromatic rings. The van der Waals surface area contributed by atoms with E-state index < -0.39 is 45.3 Å². The van der Waals surface area contributed by atoms with E-state index in [1.54, 1.807) is 20.8 Å². The lowest BCUT2D eigenvalue weighted by molar-refractivity contribution is -0.384. The zero-order valence-electron chi connectivity index (χ0n) is 12.4. The van der Waals surface area contributed by atoms with Gasteiger partial charge >= 0.3 is 12.1 Å². The van der Waals surface area contributed by atoms with Crippen molar-refractivity contribution in [1.29, 1.82) is 0 Å². The zero-order chi connectivity index (χ0) is 17.1. The highest BCUT2D eigenvalue weighted by molar-refractivity contribution is 6.02. The Morgan fingerprint density at radius 1 is 1.32 bits per heavy atom. The van der Waals surface area contributed by atoms with Crippen molar-refractivity contribution >= 4 is 23.4 Å². The summed E-state index contributed by atoms with van der Waals surface area (Å²) in [6.45, 7) is 4.77. The summed E-state index contributed by atoms with van der Waals surface area (Å²) in [5, 5.41) is 13.1. The molecule has 1 rings (SSSR count). The van der Waals surface area contributed by atoms with Gasteiger partial charge in [-0.1, -0.05) is 0 Å². The number of carbonyl (C=O) groups excluding carboxylic acids is 2. The van der Waals surface area contributed by atoms with E-state index in [0.29, 0.717) is 6.07 Å². The maximum Gasteiger partial charge on any atom is 0.412 e. The Morgan fingerprint density at radius 2 is 1.91 bits per heavy atom. The van der Waals surface area contributed by atoms with Gasteiger partial charge in [-0.2, -0.15) is 0 Å². The molecule has 9 heteroatoms. The molecule has 0 saturated carbocycles. The van der Waals surface area contributed by atoms with Gasteiger partial charge in [-0.25, -0.2) is 14.0 Å². The SMILES string of the molecule is COC(=O)c1cc(F)cc([N+](=O)[O-])c1NC(=O)OC(C)(C)C. The van der Waals surface area contributed by atoms with Crippen molar-refractivity contribution in [2.75, 3.05) is 12.4 Å². The number of amides is 1. The first-order chi connectivity index (χ1) is 10.0. The van der Waals surface area contributed by atoms with Crippen LogP contribution in [-0.4, -0.2) is 29.7 Å². The maximum absolute atomic E-state index is 13.4. The number of anilines is 1. The van der Waals surface area contributed by atoms with Crippen LogP contribution in [0.15, 0.2) is 12.1 Å². The van der Waals surface area contributed by atoms with Gasteiger partial charge in [0.15, 0.2) is 0 Å². The zero-order valence-corrected chi connectivity index (χ0v) is 12.4. The van der Waals surface area contributed by atoms with E-state index in [0.717, 1.165) is 13.2 Å². The third-order valence-corrected chi connectivity index (χ3v) is 2.31. The van der Waals surface area contributed by atoms with Gasteiger partial charge in [0, 0.05) is 0 Å². The van der Waals surface area contributed by atoms with E-state index in [1.165, 1.54) is 0 Å². The van der Waals surface area contributed by atoms with E-state index in [1.807, 2.05) is 0 Å². The van der Waals surface area contributed by atoms with Crippen LogP contribution in [0.2, 0.25) is 0 Å². The molecule has 120 valence electrons. The molecular formula is C13H15FN2O6. The number of rotatable bonds is 3. The number of benzene rings is 1. The Kier molecular flexibility index (Phi) is 5.02. The first-order valence-electron chi connectivity index (χ1n) is 6.11. The van der Waals surface area contributed by atoms with Gasteiger partial charge < -0.3 is 9.47 Å². The summed E-state index contributed by atoms with van der Waals surface area (Å²) in [6.07, 6.45) is -1.02. The molecule has 0 spiro atoms. The molecule has 8 nitrogen and oxygen atoms in total. The number of methoxy groups -OCH3 is 1. The van der Waals surface area contributed by atoms with Crippen molar-refractivity contribution < 1.29 is 28.4 Å². The molecule has 1 amide bonds. The fourth-order valence-electron chi connectivity index (χ4n) is 1.54. The summed E-state index contributed by atoms with van der Waals surface area (Å²) in [6, 6.07) is 1.31. The number of hydrogen-bond acceptors (Lipinski definition) is 6. The first kappa shape index (κ1) is 17.3. The molecule has 0 aromatic heterocycles. The molecule has 0 fully saturated rings. The summed E-state index contributed by atoms with van der Waals surface area (Å²) in [5.74, 6) is -2.05. The Hall–Kier alpha value is -2.71. The Bertz CT molecular complexity index is 624. The maximum atomic E-state index is 13.4. The molecule has 0 bridgehead atoms. The normalized spacial score (nSPS) is 10.8. The molecule has 0 radical (unpaired) electrons. The monoisotopic (exact) mass is 314 g/mol. The summed E-state index contributed by atoms with van der Waals surface area (Å²) in [7, 11) is 1.02. The fraction of sp³-hybridized carbons (Fsp3) is 0.385. The highest BCUT2D eigenvalue weighted by Gasteiger charge is 2.27. The van der Waals surface area contributed by atoms with Crippen molar-refractivity contribution in [3.63, 3.8) is 0 Å². The topological polar surface area (TPSA) is 108 Å². The van der Waals surface area contributed by atoms with Crippen LogP contribution in [0, 0.1) is 15.9 Å². The van der Waals surface area contributed by atoms with E-state index in [9.17, 15) is 24.1 Å². The highest BCUT2D eigenvalue weighted by atomic mass is 19.1. The lowest BCUT2D eigenvalue weighted by atomic mass is 10.1. The van der Waals surface area contributed by atoms with Crippen LogP contribution in [0.1, 0.15) is 31.1 Å². The van der Waals surface area contributed by atoms with Crippen LogP contribution < -0.4 is 5.32 Å². The largest absolute Gasteiger partial charge is 0.465 e. The van der Waals surface area contributed by atoms with E-state index >= 15 is 0 Å². The molecule has 0 aliphatic carbocycles. The van der Waals surface area contributed by atoms with Crippen LogP contribution in [-0.2, 0) is 9.47 Å². The van der Waals surface area contributed by atoms with Crippen molar-refractivity contribution in [2.24, 2.45) is 0 Å². The van der Waals surface area contributed by atoms with E-state index in [4.69, 9.17) is 4.74 Å². The van der Waals surface area contributed by atoms with Crippen LogP contribution in [0.4, 0.5) is 20.6 Å². The Balaban J connectivity index is 3.33. The van der Waals surface area contributed by atoms with Gasteiger partial charge in [0.25, 0.3) is 5.69 Å². The van der Waals surface area contributed by atoms with Crippen LogP contribution in [0.25, 0.3) is 0 Å². The van der Waals surface area contributed by atoms with Crippen molar-refractivity contribution in [3.05, 3.63) is 33.6 Å². The van der Waals surface area contributed by atoms with E-state index in [-0.39, 0.29) is 0 Å². The van der Waals surface area contributed by atoms with Gasteiger partial charge in [-0.3, -0.25) is 15.4 Å². The minimum absolute atomic E-state index is 0.486. The first-order valence-corrected chi connectivity index (χ1v) is 6.11. The molecule has 0 unspecified atom stereocenters. The molecule has 0 atom stereocenters. The number of nitro benzene ring substituents is 1. The number of nitro groups is 1. The number of nitrogens with zero attached hydrogens (tertiary/aromatic N) is 1. The quantitative estimate of drug-likeness (QED) is 0.522. The number of ether oxygens (including phenoxy) is 2. The highest BCUT2D eigenvalue weighted by Crippen LogP contribution is 2.31. The molecule has 0 saturated heterocycles. The second-order valence-corrected chi connectivity index (χ2v) is 5.22. The second kappa shape index (κ2) is 6.37. The molecule has 1 aromatic carbocycles. The minimum atomic E-state index is -1.03. The molecule has 22 heavy (non-hydrogen) atoms. The van der Waals surface area contributed by atoms with Crippen molar-refractivity contribution in [2.45, 2.75) is 26.4 Å². The third kappa shape index (κ3) is 4.40. The molecular weight excluding hydrogens is 299 g/mol. The van der Waals surface area contributed by atoms with Crippen LogP contribution in [0.3, 0.4) is 0 Å². The van der Waals surface area contributed by atoms with Gasteiger partial charge in [-0.05, 0) is 26.8 Å². The predicted molar refractivity (Wildman–Crippen MR) is 74.3 cm³/mol. The summed E-state index contributed by atoms with van der Waals surface area (Å²) in [5.41, 5.74) is -2.62. The lowest BCUT2D eigenvalue weighted by Crippen LogP contribution is -2.28. The standard InChI is InChI=1S/C13H15FN2O6/c1-13(2,3)22-12(18)15-10-8(11(17)21-4)5-7(14)6-9(10)16(19)20/h5-6H,1-4H3,(H,15,18). The smallest absolute Gasteiger partial charge is 0.412 e. The lowest BCUT2D eigenvalue weighted by Gasteiger charge is -2.20. The predicted octanol–water partition coefficient (Wildman–Crippen LogP) is 2.87. The molecule has 0 aliphatic heterocycles. The Morgan fingerprint density at radius 3 is 2.36 bits per heavy atom. The van der Waals surface area contributed by atoms with Crippen molar-refractivity contribution in [3.8, 4) is 0 Å². The van der Waals surface area contributed by atoms with Gasteiger partial charge in [0.1, 0.15) is 17.1 Å². The van der Waals surface area contributed by atoms with Crippen LogP contribution in [0.5, 0.6) is 0 Å². The fourth-order valence-corrected chi connectivity index (χ4v) is 1.54. The average molecular weight is 314 g/mol. The average Bonchev–Trinajstić information content (AvgIpc) is 2.36. The number of hydrogen-bond donors (Lipinski definition) is 1. The van der Waals surface area contributed by atoms with Gasteiger partial charge in [0.2, 0.25) is 0 Å². The Labute approximate surface area is 125 Å². The number of esters is 1. The number of halogens is 1. The minimum Gasteiger partial charge on any atom is -0.465 e. The number of nitrogens with one attached hydrogen (secondary N) is 1. The van der Waals surface area contributed by atoms with Crippen molar-refractivity contribution in [1.82, 2.24) is 0 Å². The third-order valence-electron chi connectivity index (χ3n) is 2.31. The van der Waals surface area contributed by atoms with E-state index in [2.05, 4.69) is 10.1 Å². The van der Waals surface area contributed by atoms with Gasteiger partial charge in [0.05, 0.1) is 23.7 Å². The summed E-state index contributed by atoms with van der Waals surface area (Å²) >= 11 is 0. The van der Waals surface area contributed by atoms with Gasteiger partial charge in [-0.15, -0.1) is 0 Å². The summed E-state index contributed by atoms with van der Waals surface area (Å²) < 4.78 is 22.8. The molecule has 0 aliphatic rings. The second-order valence-electron chi connectivity index (χ2n) is 5.22. The van der Waals surface area contributed by atoms with Crippen LogP contribution >= 0.6 is 0 Å². The molecule has 1 N–H and O–H groups in total. The summed E-state index contributed by atoms with van der Waals surface area (Å²) in [4.78, 5) is 33.4.